The highest BCUT2D eigenvalue weighted by Crippen LogP contribution is 2.26. The van der Waals surface area contributed by atoms with Crippen LogP contribution in [0.1, 0.15) is 38.5 Å². The van der Waals surface area contributed by atoms with Gasteiger partial charge in [0.15, 0.2) is 0 Å². The van der Waals surface area contributed by atoms with Gasteiger partial charge in [-0.2, -0.15) is 0 Å². The molecule has 1 atom stereocenters. The number of ether oxygens (including phenoxy) is 1. The van der Waals surface area contributed by atoms with Crippen LogP contribution in [0.25, 0.3) is 0 Å². The van der Waals surface area contributed by atoms with Crippen LogP contribution in [0.3, 0.4) is 0 Å². The van der Waals surface area contributed by atoms with E-state index in [0.717, 1.165) is 45.3 Å². The van der Waals surface area contributed by atoms with Gasteiger partial charge in [-0.15, -0.1) is 0 Å². The van der Waals surface area contributed by atoms with Gasteiger partial charge < -0.3 is 15.2 Å². The molecule has 2 rings (SSSR count). The average molecular weight is 227 g/mol. The Morgan fingerprint density at radius 3 is 2.88 bits per heavy atom. The summed E-state index contributed by atoms with van der Waals surface area (Å²) in [5.74, 6) is 0.610. The van der Waals surface area contributed by atoms with E-state index in [1.807, 2.05) is 0 Å². The zero-order valence-electron chi connectivity index (χ0n) is 9.65. The molecular formula is C12H21NO3. The normalized spacial score (nSPS) is 33.4. The van der Waals surface area contributed by atoms with E-state index in [4.69, 9.17) is 9.84 Å². The molecule has 1 aliphatic carbocycles. The zero-order chi connectivity index (χ0) is 11.4. The number of hydrogen-bond acceptors (Lipinski definition) is 3. The molecular weight excluding hydrogens is 206 g/mol. The minimum atomic E-state index is -0.131. The van der Waals surface area contributed by atoms with Gasteiger partial charge in [0.1, 0.15) is 0 Å². The number of aliphatic hydroxyl groups excluding tert-OH is 1. The summed E-state index contributed by atoms with van der Waals surface area (Å²) in [6, 6.07) is 0. The molecule has 1 unspecified atom stereocenters. The van der Waals surface area contributed by atoms with E-state index in [9.17, 15) is 4.79 Å². The summed E-state index contributed by atoms with van der Waals surface area (Å²) >= 11 is 0. The van der Waals surface area contributed by atoms with Crippen molar-refractivity contribution in [1.82, 2.24) is 5.32 Å². The fourth-order valence-corrected chi connectivity index (χ4v) is 2.38. The topological polar surface area (TPSA) is 58.6 Å². The van der Waals surface area contributed by atoms with E-state index >= 15 is 0 Å². The van der Waals surface area contributed by atoms with E-state index in [1.165, 1.54) is 0 Å². The van der Waals surface area contributed by atoms with Crippen molar-refractivity contribution < 1.29 is 14.6 Å². The molecule has 0 aromatic rings. The van der Waals surface area contributed by atoms with Gasteiger partial charge in [0, 0.05) is 19.6 Å². The summed E-state index contributed by atoms with van der Waals surface area (Å²) in [5.41, 5.74) is 0. The monoisotopic (exact) mass is 227 g/mol. The Hall–Kier alpha value is -0.610. The third kappa shape index (κ3) is 3.46. The van der Waals surface area contributed by atoms with Crippen LogP contribution in [0.15, 0.2) is 0 Å². The van der Waals surface area contributed by atoms with Crippen LogP contribution in [0, 0.1) is 5.92 Å². The molecule has 1 heterocycles. The van der Waals surface area contributed by atoms with Gasteiger partial charge in [0.2, 0.25) is 5.91 Å². The lowest BCUT2D eigenvalue weighted by molar-refractivity contribution is -0.122. The van der Waals surface area contributed by atoms with Crippen LogP contribution in [0.2, 0.25) is 0 Å². The van der Waals surface area contributed by atoms with E-state index in [0.29, 0.717) is 18.4 Å². The van der Waals surface area contributed by atoms with Crippen molar-refractivity contribution in [3.05, 3.63) is 0 Å². The SMILES string of the molecule is O=C(CCC1CCCO1)NCC1CC(O)C1. The van der Waals surface area contributed by atoms with Crippen molar-refractivity contribution >= 4 is 5.91 Å². The molecule has 2 fully saturated rings. The molecule has 4 heteroatoms. The molecule has 1 saturated heterocycles. The second kappa shape index (κ2) is 5.64. The van der Waals surface area contributed by atoms with Gasteiger partial charge in [-0.3, -0.25) is 4.79 Å². The first-order valence-electron chi connectivity index (χ1n) is 6.30. The number of rotatable bonds is 5. The molecule has 0 aromatic heterocycles. The third-order valence-electron chi connectivity index (χ3n) is 3.52. The van der Waals surface area contributed by atoms with Gasteiger partial charge in [-0.25, -0.2) is 0 Å². The average Bonchev–Trinajstić information content (AvgIpc) is 2.72. The standard InChI is InChI=1S/C12H21NO3/c14-10-6-9(7-10)8-13-12(15)4-3-11-2-1-5-16-11/h9-11,14H,1-8H2,(H,13,15). The fraction of sp³-hybridized carbons (Fsp3) is 0.917. The van der Waals surface area contributed by atoms with E-state index < -0.39 is 0 Å². The fourth-order valence-electron chi connectivity index (χ4n) is 2.38. The maximum atomic E-state index is 11.5. The second-order valence-electron chi connectivity index (χ2n) is 4.97. The number of amides is 1. The summed E-state index contributed by atoms with van der Waals surface area (Å²) in [4.78, 5) is 11.5. The maximum Gasteiger partial charge on any atom is 0.220 e. The lowest BCUT2D eigenvalue weighted by Crippen LogP contribution is -2.38. The first kappa shape index (κ1) is 11.9. The van der Waals surface area contributed by atoms with E-state index in [1.54, 1.807) is 0 Å². The lowest BCUT2D eigenvalue weighted by atomic mass is 9.82. The maximum absolute atomic E-state index is 11.5. The Morgan fingerprint density at radius 1 is 1.44 bits per heavy atom. The molecule has 4 nitrogen and oxygen atoms in total. The van der Waals surface area contributed by atoms with Crippen LogP contribution in [-0.4, -0.2) is 36.4 Å². The van der Waals surface area contributed by atoms with Crippen LogP contribution < -0.4 is 5.32 Å². The number of carbonyl (C=O) groups is 1. The highest BCUT2D eigenvalue weighted by atomic mass is 16.5. The van der Waals surface area contributed by atoms with Gasteiger partial charge >= 0.3 is 0 Å². The van der Waals surface area contributed by atoms with Crippen molar-refractivity contribution in [2.24, 2.45) is 5.92 Å². The minimum absolute atomic E-state index is 0.122. The molecule has 1 amide bonds. The molecule has 0 bridgehead atoms. The van der Waals surface area contributed by atoms with Gasteiger partial charge in [-0.1, -0.05) is 0 Å². The predicted octanol–water partition coefficient (Wildman–Crippen LogP) is 0.833. The Kier molecular flexibility index (Phi) is 4.18. The van der Waals surface area contributed by atoms with Gasteiger partial charge in [0.05, 0.1) is 12.2 Å². The van der Waals surface area contributed by atoms with Crippen LogP contribution in [-0.2, 0) is 9.53 Å². The smallest absolute Gasteiger partial charge is 0.220 e. The lowest BCUT2D eigenvalue weighted by Gasteiger charge is -2.31. The predicted molar refractivity (Wildman–Crippen MR) is 59.9 cm³/mol. The Bertz CT molecular complexity index is 232. The number of hydrogen-bond donors (Lipinski definition) is 2. The first-order valence-corrected chi connectivity index (χ1v) is 6.30. The summed E-state index contributed by atoms with van der Waals surface area (Å²) in [6.07, 6.45) is 5.50. The summed E-state index contributed by atoms with van der Waals surface area (Å²) in [5, 5.41) is 12.0. The molecule has 92 valence electrons. The summed E-state index contributed by atoms with van der Waals surface area (Å²) < 4.78 is 5.46. The quantitative estimate of drug-likeness (QED) is 0.731. The van der Waals surface area contributed by atoms with Crippen molar-refractivity contribution in [2.45, 2.75) is 50.7 Å². The summed E-state index contributed by atoms with van der Waals surface area (Å²) in [6.45, 7) is 1.58. The van der Waals surface area contributed by atoms with Crippen LogP contribution in [0.4, 0.5) is 0 Å². The number of carbonyl (C=O) groups excluding carboxylic acids is 1. The molecule has 0 spiro atoms. The van der Waals surface area contributed by atoms with E-state index in [2.05, 4.69) is 5.32 Å². The first-order chi connectivity index (χ1) is 7.74. The second-order valence-corrected chi connectivity index (χ2v) is 4.97. The molecule has 0 aromatic carbocycles. The molecule has 1 aliphatic heterocycles. The van der Waals surface area contributed by atoms with Crippen LogP contribution >= 0.6 is 0 Å². The largest absolute Gasteiger partial charge is 0.393 e. The third-order valence-corrected chi connectivity index (χ3v) is 3.52. The van der Waals surface area contributed by atoms with Gasteiger partial charge in [0.25, 0.3) is 0 Å². The van der Waals surface area contributed by atoms with Crippen LogP contribution in [0.5, 0.6) is 0 Å². The molecule has 16 heavy (non-hydrogen) atoms. The van der Waals surface area contributed by atoms with Gasteiger partial charge in [-0.05, 0) is 38.0 Å². The Labute approximate surface area is 96.4 Å². The van der Waals surface area contributed by atoms with Crippen molar-refractivity contribution in [3.63, 3.8) is 0 Å². The molecule has 0 radical (unpaired) electrons. The zero-order valence-corrected chi connectivity index (χ0v) is 9.65. The molecule has 1 saturated carbocycles. The molecule has 2 aliphatic rings. The Balaban J connectivity index is 1.50. The summed E-state index contributed by atoms with van der Waals surface area (Å²) in [7, 11) is 0. The van der Waals surface area contributed by atoms with Crippen molar-refractivity contribution in [1.29, 1.82) is 0 Å². The van der Waals surface area contributed by atoms with Crippen molar-refractivity contribution in [2.75, 3.05) is 13.2 Å². The highest BCUT2D eigenvalue weighted by Gasteiger charge is 2.27. The number of aliphatic hydroxyl groups is 1. The number of nitrogens with one attached hydrogen (secondary N) is 1. The minimum Gasteiger partial charge on any atom is -0.393 e. The van der Waals surface area contributed by atoms with E-state index in [-0.39, 0.29) is 12.0 Å². The highest BCUT2D eigenvalue weighted by molar-refractivity contribution is 5.75. The van der Waals surface area contributed by atoms with Crippen molar-refractivity contribution in [3.8, 4) is 0 Å². The Morgan fingerprint density at radius 2 is 2.25 bits per heavy atom. The molecule has 2 N–H and O–H groups in total.